The van der Waals surface area contributed by atoms with Gasteiger partial charge in [0.2, 0.25) is 0 Å². The van der Waals surface area contributed by atoms with Gasteiger partial charge in [0.05, 0.1) is 0 Å². The Morgan fingerprint density at radius 2 is 1.89 bits per heavy atom. The lowest BCUT2D eigenvalue weighted by molar-refractivity contribution is 0.508. The molecule has 2 heterocycles. The molecule has 0 aliphatic heterocycles. The molecule has 2 aromatic heterocycles. The fourth-order valence-electron chi connectivity index (χ4n) is 2.80. The van der Waals surface area contributed by atoms with Gasteiger partial charge in [-0.3, -0.25) is 4.40 Å². The van der Waals surface area contributed by atoms with Gasteiger partial charge in [-0.15, -0.1) is 10.2 Å². The number of hydrogen-bond donors (Lipinski definition) is 2. The maximum atomic E-state index is 6.00. The molecule has 7 heteroatoms. The molecule has 1 aromatic carbocycles. The van der Waals surface area contributed by atoms with E-state index in [1.807, 2.05) is 47.9 Å². The summed E-state index contributed by atoms with van der Waals surface area (Å²) in [6.07, 6.45) is 1.95. The van der Waals surface area contributed by atoms with Gasteiger partial charge in [-0.2, -0.15) is 0 Å². The third kappa shape index (κ3) is 4.77. The molecule has 0 saturated carbocycles. The van der Waals surface area contributed by atoms with Crippen LogP contribution in [0.15, 0.2) is 53.7 Å². The highest BCUT2D eigenvalue weighted by Gasteiger charge is 2.21. The zero-order valence-electron chi connectivity index (χ0n) is 15.9. The fraction of sp³-hybridized carbons (Fsp3) is 0.350. The molecule has 142 valence electrons. The molecule has 0 unspecified atom stereocenters. The van der Waals surface area contributed by atoms with Crippen LogP contribution < -0.4 is 10.6 Å². The molecular weight excluding hydrogens is 360 g/mol. The molecule has 0 amide bonds. The van der Waals surface area contributed by atoms with Crippen LogP contribution in [0.5, 0.6) is 0 Å². The van der Waals surface area contributed by atoms with Crippen LogP contribution in [0.4, 0.5) is 0 Å². The number of guanidine groups is 1. The van der Waals surface area contributed by atoms with Gasteiger partial charge in [-0.05, 0) is 36.8 Å². The van der Waals surface area contributed by atoms with Crippen molar-refractivity contribution in [2.75, 3.05) is 13.1 Å². The van der Waals surface area contributed by atoms with E-state index in [0.717, 1.165) is 35.5 Å². The molecule has 6 nitrogen and oxygen atoms in total. The van der Waals surface area contributed by atoms with Crippen molar-refractivity contribution < 1.29 is 0 Å². The maximum Gasteiger partial charge on any atom is 0.191 e. The fourth-order valence-corrected chi connectivity index (χ4v) is 2.92. The number of nitrogens with zero attached hydrogens (tertiary/aromatic N) is 4. The Hall–Kier alpha value is -2.60. The molecule has 27 heavy (non-hydrogen) atoms. The Morgan fingerprint density at radius 1 is 1.11 bits per heavy atom. The van der Waals surface area contributed by atoms with Gasteiger partial charge in [-0.25, -0.2) is 4.99 Å². The minimum Gasteiger partial charge on any atom is -0.357 e. The first-order valence-corrected chi connectivity index (χ1v) is 9.44. The van der Waals surface area contributed by atoms with Gasteiger partial charge in [-0.1, -0.05) is 43.6 Å². The molecule has 0 aliphatic carbocycles. The Balaban J connectivity index is 1.69. The summed E-state index contributed by atoms with van der Waals surface area (Å²) in [5, 5.41) is 15.9. The van der Waals surface area contributed by atoms with Crippen molar-refractivity contribution in [1.82, 2.24) is 25.2 Å². The largest absolute Gasteiger partial charge is 0.357 e. The summed E-state index contributed by atoms with van der Waals surface area (Å²) in [4.78, 5) is 4.67. The zero-order valence-corrected chi connectivity index (χ0v) is 16.7. The lowest BCUT2D eigenvalue weighted by atomic mass is 9.85. The molecule has 2 N–H and O–H groups in total. The van der Waals surface area contributed by atoms with Crippen LogP contribution in [-0.2, 0) is 12.0 Å². The lowest BCUT2D eigenvalue weighted by Crippen LogP contribution is -2.43. The maximum absolute atomic E-state index is 6.00. The first kappa shape index (κ1) is 19.2. The number of aliphatic imine (C=N–C) groups is 1. The SMILES string of the molecule is CCNC(=NCc1nnc2ccccn12)NCC(C)(C)c1ccc(Cl)cc1. The standard InChI is InChI=1S/C20H25ClN6/c1-4-22-19(23-13-18-26-25-17-7-5-6-12-27(17)18)24-14-20(2,3)15-8-10-16(21)11-9-15/h5-12H,4,13-14H2,1-3H3,(H2,22,23,24). The predicted molar refractivity (Wildman–Crippen MR) is 110 cm³/mol. The number of rotatable bonds is 6. The summed E-state index contributed by atoms with van der Waals surface area (Å²) in [5.74, 6) is 1.56. The number of halogens is 1. The Morgan fingerprint density at radius 3 is 2.63 bits per heavy atom. The first-order valence-electron chi connectivity index (χ1n) is 9.06. The smallest absolute Gasteiger partial charge is 0.191 e. The highest BCUT2D eigenvalue weighted by molar-refractivity contribution is 6.30. The van der Waals surface area contributed by atoms with Gasteiger partial charge < -0.3 is 10.6 Å². The average Bonchev–Trinajstić information content (AvgIpc) is 3.08. The van der Waals surface area contributed by atoms with Crippen LogP contribution in [0.25, 0.3) is 5.65 Å². The summed E-state index contributed by atoms with van der Waals surface area (Å²) in [6, 6.07) is 13.8. The molecule has 0 aliphatic rings. The van der Waals surface area contributed by atoms with E-state index in [-0.39, 0.29) is 5.41 Å². The van der Waals surface area contributed by atoms with E-state index in [4.69, 9.17) is 11.6 Å². The van der Waals surface area contributed by atoms with Crippen LogP contribution in [-0.4, -0.2) is 33.6 Å². The van der Waals surface area contributed by atoms with E-state index in [0.29, 0.717) is 6.54 Å². The second kappa shape index (κ2) is 8.39. The summed E-state index contributed by atoms with van der Waals surface area (Å²) >= 11 is 6.00. The minimum absolute atomic E-state index is 0.0671. The van der Waals surface area contributed by atoms with Gasteiger partial charge in [0, 0.05) is 29.7 Å². The van der Waals surface area contributed by atoms with E-state index in [2.05, 4.69) is 51.8 Å². The van der Waals surface area contributed by atoms with Crippen molar-refractivity contribution in [2.45, 2.75) is 32.7 Å². The van der Waals surface area contributed by atoms with Crippen LogP contribution in [0, 0.1) is 0 Å². The van der Waals surface area contributed by atoms with Crippen molar-refractivity contribution in [2.24, 2.45) is 4.99 Å². The highest BCUT2D eigenvalue weighted by Crippen LogP contribution is 2.23. The number of benzene rings is 1. The third-order valence-electron chi connectivity index (χ3n) is 4.43. The van der Waals surface area contributed by atoms with Gasteiger partial charge >= 0.3 is 0 Å². The van der Waals surface area contributed by atoms with Crippen molar-refractivity contribution >= 4 is 23.2 Å². The van der Waals surface area contributed by atoms with Crippen molar-refractivity contribution in [3.8, 4) is 0 Å². The molecule has 3 rings (SSSR count). The molecule has 0 fully saturated rings. The van der Waals surface area contributed by atoms with Crippen molar-refractivity contribution in [3.05, 3.63) is 65.1 Å². The van der Waals surface area contributed by atoms with E-state index in [1.165, 1.54) is 5.56 Å². The molecule has 0 saturated heterocycles. The molecule has 3 aromatic rings. The quantitative estimate of drug-likeness (QED) is 0.505. The third-order valence-corrected chi connectivity index (χ3v) is 4.68. The second-order valence-corrected chi connectivity index (χ2v) is 7.42. The number of nitrogens with one attached hydrogen (secondary N) is 2. The number of fused-ring (bicyclic) bond motifs is 1. The highest BCUT2D eigenvalue weighted by atomic mass is 35.5. The molecule has 0 spiro atoms. The van der Waals surface area contributed by atoms with E-state index < -0.39 is 0 Å². The van der Waals surface area contributed by atoms with E-state index >= 15 is 0 Å². The number of aromatic nitrogens is 3. The van der Waals surface area contributed by atoms with Crippen LogP contribution in [0.2, 0.25) is 5.02 Å². The molecule has 0 radical (unpaired) electrons. The Labute approximate surface area is 164 Å². The average molecular weight is 385 g/mol. The minimum atomic E-state index is -0.0671. The van der Waals surface area contributed by atoms with Crippen molar-refractivity contribution in [1.29, 1.82) is 0 Å². The predicted octanol–water partition coefficient (Wildman–Crippen LogP) is 3.42. The number of hydrogen-bond acceptors (Lipinski definition) is 3. The van der Waals surface area contributed by atoms with Gasteiger partial charge in [0.15, 0.2) is 17.4 Å². The first-order chi connectivity index (χ1) is 13.0. The number of pyridine rings is 1. The van der Waals surface area contributed by atoms with Gasteiger partial charge in [0.25, 0.3) is 0 Å². The second-order valence-electron chi connectivity index (χ2n) is 6.98. The van der Waals surface area contributed by atoms with Gasteiger partial charge in [0.1, 0.15) is 6.54 Å². The molecular formula is C20H25ClN6. The normalized spacial score (nSPS) is 12.4. The molecule has 0 atom stereocenters. The van der Waals surface area contributed by atoms with Crippen molar-refractivity contribution in [3.63, 3.8) is 0 Å². The van der Waals surface area contributed by atoms with Crippen LogP contribution >= 0.6 is 11.6 Å². The van der Waals surface area contributed by atoms with E-state index in [9.17, 15) is 0 Å². The van der Waals surface area contributed by atoms with Crippen LogP contribution in [0.1, 0.15) is 32.2 Å². The zero-order chi connectivity index (χ0) is 19.3. The lowest BCUT2D eigenvalue weighted by Gasteiger charge is -2.27. The summed E-state index contributed by atoms with van der Waals surface area (Å²) in [7, 11) is 0. The van der Waals surface area contributed by atoms with E-state index in [1.54, 1.807) is 0 Å². The monoisotopic (exact) mass is 384 g/mol. The Bertz CT molecular complexity index is 914. The Kier molecular flexibility index (Phi) is 5.96. The summed E-state index contributed by atoms with van der Waals surface area (Å²) < 4.78 is 1.95. The topological polar surface area (TPSA) is 66.6 Å². The van der Waals surface area contributed by atoms with Crippen LogP contribution in [0.3, 0.4) is 0 Å². The summed E-state index contributed by atoms with van der Waals surface area (Å²) in [6.45, 7) is 8.41. The summed E-state index contributed by atoms with van der Waals surface area (Å²) in [5.41, 5.74) is 1.98. The molecule has 0 bridgehead atoms.